The van der Waals surface area contributed by atoms with E-state index in [1.165, 1.54) is 0 Å². The van der Waals surface area contributed by atoms with E-state index in [-0.39, 0.29) is 12.6 Å². The molecule has 0 spiro atoms. The number of hydrogen-bond acceptors (Lipinski definition) is 3. The number of urea groups is 1. The Morgan fingerprint density at radius 1 is 1.35 bits per heavy atom. The van der Waals surface area contributed by atoms with Crippen molar-refractivity contribution in [2.24, 2.45) is 5.73 Å². The van der Waals surface area contributed by atoms with Crippen molar-refractivity contribution in [3.05, 3.63) is 29.8 Å². The van der Waals surface area contributed by atoms with E-state index in [1.807, 2.05) is 12.1 Å². The minimum Gasteiger partial charge on any atom is -0.387 e. The molecule has 92 valence electrons. The zero-order valence-electron chi connectivity index (χ0n) is 9.84. The fourth-order valence-electron chi connectivity index (χ4n) is 1.90. The first-order valence-electron chi connectivity index (χ1n) is 5.64. The van der Waals surface area contributed by atoms with Crippen LogP contribution in [0.5, 0.6) is 0 Å². The number of rotatable bonds is 3. The number of hydrogen-bond donors (Lipinski definition) is 2. The molecule has 2 amide bonds. The minimum absolute atomic E-state index is 0.0112. The highest BCUT2D eigenvalue weighted by Crippen LogP contribution is 2.22. The fraction of sp³-hybridized carbons (Fsp3) is 0.417. The Labute approximate surface area is 100 Å². The Balaban J connectivity index is 2.16. The van der Waals surface area contributed by atoms with Gasteiger partial charge in [-0.25, -0.2) is 4.79 Å². The molecule has 5 heteroatoms. The molecular weight excluding hydrogens is 218 g/mol. The molecule has 1 aromatic rings. The molecule has 1 aliphatic rings. The van der Waals surface area contributed by atoms with Crippen LogP contribution in [0.4, 0.5) is 10.5 Å². The molecule has 1 atom stereocenters. The van der Waals surface area contributed by atoms with Gasteiger partial charge in [0.1, 0.15) is 0 Å². The number of carbonyl (C=O) groups excluding carboxylic acids is 1. The monoisotopic (exact) mass is 235 g/mol. The number of nitrogens with zero attached hydrogens (tertiary/aromatic N) is 2. The zero-order valence-corrected chi connectivity index (χ0v) is 9.84. The molecule has 1 unspecified atom stereocenters. The Morgan fingerprint density at radius 2 is 2.00 bits per heavy atom. The van der Waals surface area contributed by atoms with E-state index in [1.54, 1.807) is 29.0 Å². The highest BCUT2D eigenvalue weighted by molar-refractivity contribution is 5.93. The molecule has 1 saturated heterocycles. The van der Waals surface area contributed by atoms with Gasteiger partial charge in [-0.05, 0) is 17.7 Å². The van der Waals surface area contributed by atoms with E-state index < -0.39 is 6.10 Å². The van der Waals surface area contributed by atoms with E-state index in [0.29, 0.717) is 6.54 Å². The molecule has 1 fully saturated rings. The lowest BCUT2D eigenvalue weighted by Crippen LogP contribution is -2.29. The van der Waals surface area contributed by atoms with Gasteiger partial charge in [-0.2, -0.15) is 0 Å². The van der Waals surface area contributed by atoms with E-state index in [9.17, 15) is 9.90 Å². The maximum atomic E-state index is 11.8. The quantitative estimate of drug-likeness (QED) is 0.803. The average molecular weight is 235 g/mol. The molecule has 5 nitrogen and oxygen atoms in total. The summed E-state index contributed by atoms with van der Waals surface area (Å²) in [5.74, 6) is 0. The average Bonchev–Trinajstić information content (AvgIpc) is 2.69. The summed E-state index contributed by atoms with van der Waals surface area (Å²) in [4.78, 5) is 15.2. The largest absolute Gasteiger partial charge is 0.387 e. The molecule has 3 N–H and O–H groups in total. The molecule has 0 aromatic heterocycles. The van der Waals surface area contributed by atoms with E-state index in [0.717, 1.165) is 17.8 Å². The maximum Gasteiger partial charge on any atom is 0.324 e. The van der Waals surface area contributed by atoms with Crippen LogP contribution in [-0.4, -0.2) is 42.7 Å². The number of aliphatic hydroxyl groups is 1. The highest BCUT2D eigenvalue weighted by Gasteiger charge is 2.26. The molecule has 1 aromatic carbocycles. The van der Waals surface area contributed by atoms with Crippen LogP contribution in [0.3, 0.4) is 0 Å². The van der Waals surface area contributed by atoms with Gasteiger partial charge in [-0.1, -0.05) is 12.1 Å². The van der Waals surface area contributed by atoms with Gasteiger partial charge >= 0.3 is 6.03 Å². The number of likely N-dealkylation sites (N-methyl/N-ethyl adjacent to an activating group) is 1. The van der Waals surface area contributed by atoms with Crippen LogP contribution in [-0.2, 0) is 0 Å². The van der Waals surface area contributed by atoms with Crippen molar-refractivity contribution in [2.45, 2.75) is 6.10 Å². The van der Waals surface area contributed by atoms with Crippen LogP contribution in [0.25, 0.3) is 0 Å². The molecule has 0 aliphatic carbocycles. The fourth-order valence-corrected chi connectivity index (χ4v) is 1.90. The van der Waals surface area contributed by atoms with Gasteiger partial charge in [0.25, 0.3) is 0 Å². The molecule has 1 heterocycles. The third-order valence-electron chi connectivity index (χ3n) is 3.03. The normalized spacial score (nSPS) is 17.7. The highest BCUT2D eigenvalue weighted by atomic mass is 16.3. The van der Waals surface area contributed by atoms with Crippen LogP contribution in [0.2, 0.25) is 0 Å². The van der Waals surface area contributed by atoms with Crippen molar-refractivity contribution in [1.82, 2.24) is 4.90 Å². The van der Waals surface area contributed by atoms with Gasteiger partial charge < -0.3 is 15.7 Å². The van der Waals surface area contributed by atoms with Gasteiger partial charge in [-0.15, -0.1) is 0 Å². The van der Waals surface area contributed by atoms with Crippen LogP contribution in [0, 0.1) is 0 Å². The maximum absolute atomic E-state index is 11.8. The van der Waals surface area contributed by atoms with Crippen LogP contribution in [0.1, 0.15) is 11.7 Å². The Hall–Kier alpha value is -1.59. The second-order valence-electron chi connectivity index (χ2n) is 4.20. The van der Waals surface area contributed by atoms with Crippen LogP contribution >= 0.6 is 0 Å². The summed E-state index contributed by atoms with van der Waals surface area (Å²) in [5.41, 5.74) is 7.01. The third-order valence-corrected chi connectivity index (χ3v) is 3.03. The predicted octanol–water partition coefficient (Wildman–Crippen LogP) is 0.550. The van der Waals surface area contributed by atoms with Crippen molar-refractivity contribution in [3.8, 4) is 0 Å². The first-order valence-corrected chi connectivity index (χ1v) is 5.64. The first kappa shape index (κ1) is 11.9. The Bertz CT molecular complexity index is 405. The molecule has 1 aliphatic heterocycles. The van der Waals surface area contributed by atoms with Crippen molar-refractivity contribution >= 4 is 11.7 Å². The number of aliphatic hydroxyl groups excluding tert-OH is 1. The lowest BCUT2D eigenvalue weighted by atomic mass is 10.1. The molecule has 2 rings (SSSR count). The minimum atomic E-state index is -0.638. The number of benzene rings is 1. The van der Waals surface area contributed by atoms with Crippen LogP contribution < -0.4 is 10.6 Å². The van der Waals surface area contributed by atoms with Crippen LogP contribution in [0.15, 0.2) is 24.3 Å². The summed E-state index contributed by atoms with van der Waals surface area (Å²) in [6.45, 7) is 1.64. The Kier molecular flexibility index (Phi) is 3.31. The molecular formula is C12H17N3O2. The Morgan fingerprint density at radius 3 is 2.47 bits per heavy atom. The number of amides is 2. The van der Waals surface area contributed by atoms with E-state index in [2.05, 4.69) is 0 Å². The summed E-state index contributed by atoms with van der Waals surface area (Å²) in [5, 5.41) is 9.57. The summed E-state index contributed by atoms with van der Waals surface area (Å²) in [7, 11) is 1.79. The number of carbonyl (C=O) groups is 1. The smallest absolute Gasteiger partial charge is 0.324 e. The third kappa shape index (κ3) is 2.25. The van der Waals surface area contributed by atoms with Gasteiger partial charge in [0.05, 0.1) is 6.10 Å². The lowest BCUT2D eigenvalue weighted by Gasteiger charge is -2.17. The summed E-state index contributed by atoms with van der Waals surface area (Å²) in [6.07, 6.45) is -0.638. The summed E-state index contributed by atoms with van der Waals surface area (Å²) >= 11 is 0. The zero-order chi connectivity index (χ0) is 12.4. The topological polar surface area (TPSA) is 69.8 Å². The van der Waals surface area contributed by atoms with Gasteiger partial charge in [0, 0.05) is 32.4 Å². The van der Waals surface area contributed by atoms with E-state index in [4.69, 9.17) is 5.73 Å². The second kappa shape index (κ2) is 4.73. The summed E-state index contributed by atoms with van der Waals surface area (Å²) < 4.78 is 0. The van der Waals surface area contributed by atoms with Crippen molar-refractivity contribution in [2.75, 3.05) is 31.6 Å². The van der Waals surface area contributed by atoms with Crippen molar-refractivity contribution in [3.63, 3.8) is 0 Å². The molecule has 17 heavy (non-hydrogen) atoms. The number of anilines is 1. The van der Waals surface area contributed by atoms with Gasteiger partial charge in [0.2, 0.25) is 0 Å². The molecule has 0 bridgehead atoms. The standard InChI is InChI=1S/C12H17N3O2/c1-14-6-7-15(12(14)17)10-4-2-9(3-5-10)11(16)8-13/h2-5,11,16H,6-8,13H2,1H3. The lowest BCUT2D eigenvalue weighted by molar-refractivity contribution is 0.187. The van der Waals surface area contributed by atoms with Gasteiger partial charge in [0.15, 0.2) is 0 Å². The SMILES string of the molecule is CN1CCN(c2ccc(C(O)CN)cc2)C1=O. The van der Waals surface area contributed by atoms with Crippen molar-refractivity contribution < 1.29 is 9.90 Å². The first-order chi connectivity index (χ1) is 8.13. The van der Waals surface area contributed by atoms with Gasteiger partial charge in [-0.3, -0.25) is 4.90 Å². The summed E-state index contributed by atoms with van der Waals surface area (Å²) in [6, 6.07) is 7.30. The number of nitrogens with two attached hydrogens (primary N) is 1. The predicted molar refractivity (Wildman–Crippen MR) is 65.8 cm³/mol. The molecule has 0 saturated carbocycles. The second-order valence-corrected chi connectivity index (χ2v) is 4.20. The van der Waals surface area contributed by atoms with Crippen molar-refractivity contribution in [1.29, 1.82) is 0 Å². The van der Waals surface area contributed by atoms with E-state index >= 15 is 0 Å². The molecule has 0 radical (unpaired) electrons.